The minimum atomic E-state index is -0.377. The maximum atomic E-state index is 11.9. The van der Waals surface area contributed by atoms with Crippen molar-refractivity contribution in [1.82, 2.24) is 0 Å². The van der Waals surface area contributed by atoms with Crippen molar-refractivity contribution in [2.75, 3.05) is 12.3 Å². The van der Waals surface area contributed by atoms with Crippen LogP contribution in [0.4, 0.5) is 5.69 Å². The number of ether oxygens (including phenoxy) is 1. The highest BCUT2D eigenvalue weighted by Gasteiger charge is 2.14. The largest absolute Gasteiger partial charge is 0.462 e. The number of benzene rings is 2. The highest BCUT2D eigenvalue weighted by Crippen LogP contribution is 2.34. The topological polar surface area (TPSA) is 52.3 Å². The van der Waals surface area contributed by atoms with E-state index in [9.17, 15) is 4.79 Å². The summed E-state index contributed by atoms with van der Waals surface area (Å²) in [6, 6.07) is 11.7. The van der Waals surface area contributed by atoms with Crippen LogP contribution >= 0.6 is 11.8 Å². The summed E-state index contributed by atoms with van der Waals surface area (Å²) in [6.07, 6.45) is 0. The Morgan fingerprint density at radius 3 is 2.62 bits per heavy atom. The van der Waals surface area contributed by atoms with E-state index >= 15 is 0 Å². The normalized spacial score (nSPS) is 10.4. The van der Waals surface area contributed by atoms with Crippen molar-refractivity contribution < 1.29 is 9.53 Å². The lowest BCUT2D eigenvalue weighted by molar-refractivity contribution is 0.0527. The number of hydrogen-bond acceptors (Lipinski definition) is 4. The van der Waals surface area contributed by atoms with Crippen molar-refractivity contribution in [3.63, 3.8) is 0 Å². The fourth-order valence-electron chi connectivity index (χ4n) is 1.92. The van der Waals surface area contributed by atoms with Gasteiger partial charge in [0.25, 0.3) is 0 Å². The first-order valence-corrected chi connectivity index (χ1v) is 7.65. The molecule has 2 aromatic rings. The highest BCUT2D eigenvalue weighted by atomic mass is 32.2. The molecule has 0 heterocycles. The Kier molecular flexibility index (Phi) is 4.91. The summed E-state index contributed by atoms with van der Waals surface area (Å²) in [5.41, 5.74) is 9.50. The van der Waals surface area contributed by atoms with E-state index < -0.39 is 0 Å². The summed E-state index contributed by atoms with van der Waals surface area (Å²) >= 11 is 1.55. The SMILES string of the molecule is CCOC(=O)c1cccc(Sc2ccc(C)c(C)c2)c1N. The Balaban J connectivity index is 2.30. The first-order valence-electron chi connectivity index (χ1n) is 6.83. The molecule has 0 radical (unpaired) electrons. The third-order valence-electron chi connectivity index (χ3n) is 3.27. The number of anilines is 1. The van der Waals surface area contributed by atoms with E-state index in [1.807, 2.05) is 12.1 Å². The van der Waals surface area contributed by atoms with Gasteiger partial charge in [-0.1, -0.05) is 23.9 Å². The molecule has 110 valence electrons. The van der Waals surface area contributed by atoms with E-state index in [1.54, 1.807) is 24.8 Å². The first kappa shape index (κ1) is 15.4. The third kappa shape index (κ3) is 3.58. The Hall–Kier alpha value is -1.94. The first-order chi connectivity index (χ1) is 10.0. The zero-order valence-corrected chi connectivity index (χ0v) is 13.3. The van der Waals surface area contributed by atoms with Crippen LogP contribution in [0.25, 0.3) is 0 Å². The van der Waals surface area contributed by atoms with Gasteiger partial charge in [0.1, 0.15) is 0 Å². The number of carbonyl (C=O) groups excluding carboxylic acids is 1. The molecule has 2 aromatic carbocycles. The van der Waals surface area contributed by atoms with Crippen molar-refractivity contribution >= 4 is 23.4 Å². The summed E-state index contributed by atoms with van der Waals surface area (Å²) < 4.78 is 5.02. The summed E-state index contributed by atoms with van der Waals surface area (Å²) in [4.78, 5) is 13.8. The molecule has 0 spiro atoms. The van der Waals surface area contributed by atoms with Gasteiger partial charge in [-0.15, -0.1) is 0 Å². The van der Waals surface area contributed by atoms with Gasteiger partial charge in [0, 0.05) is 9.79 Å². The lowest BCUT2D eigenvalue weighted by atomic mass is 10.1. The van der Waals surface area contributed by atoms with Gasteiger partial charge in [-0.25, -0.2) is 4.79 Å². The number of hydrogen-bond donors (Lipinski definition) is 1. The van der Waals surface area contributed by atoms with Gasteiger partial charge in [-0.2, -0.15) is 0 Å². The lowest BCUT2D eigenvalue weighted by Crippen LogP contribution is -2.08. The van der Waals surface area contributed by atoms with E-state index in [-0.39, 0.29) is 5.97 Å². The Morgan fingerprint density at radius 1 is 1.19 bits per heavy atom. The molecule has 21 heavy (non-hydrogen) atoms. The molecule has 0 aliphatic heterocycles. The molecular formula is C17H19NO2S. The number of aryl methyl sites for hydroxylation is 2. The zero-order valence-electron chi connectivity index (χ0n) is 12.5. The van der Waals surface area contributed by atoms with Crippen molar-refractivity contribution in [2.45, 2.75) is 30.6 Å². The fraction of sp³-hybridized carbons (Fsp3) is 0.235. The molecule has 0 fully saturated rings. The van der Waals surface area contributed by atoms with Gasteiger partial charge in [0.05, 0.1) is 17.9 Å². The van der Waals surface area contributed by atoms with Crippen LogP contribution in [0, 0.1) is 13.8 Å². The third-order valence-corrected chi connectivity index (χ3v) is 4.33. The molecule has 0 aliphatic rings. The van der Waals surface area contributed by atoms with Gasteiger partial charge in [-0.05, 0) is 56.2 Å². The maximum absolute atomic E-state index is 11.9. The molecule has 0 amide bonds. The summed E-state index contributed by atoms with van der Waals surface area (Å²) in [5, 5.41) is 0. The minimum Gasteiger partial charge on any atom is -0.462 e. The van der Waals surface area contributed by atoms with Gasteiger partial charge in [0.2, 0.25) is 0 Å². The number of esters is 1. The molecule has 0 atom stereocenters. The monoisotopic (exact) mass is 301 g/mol. The van der Waals surface area contributed by atoms with Crippen LogP contribution in [-0.2, 0) is 4.74 Å². The van der Waals surface area contributed by atoms with Crippen molar-refractivity contribution in [3.05, 3.63) is 53.1 Å². The number of para-hydroxylation sites is 1. The van der Waals surface area contributed by atoms with Gasteiger partial charge in [-0.3, -0.25) is 0 Å². The molecule has 0 unspecified atom stereocenters. The lowest BCUT2D eigenvalue weighted by Gasteiger charge is -2.11. The van der Waals surface area contributed by atoms with Crippen molar-refractivity contribution in [2.24, 2.45) is 0 Å². The molecule has 3 nitrogen and oxygen atoms in total. The molecule has 4 heteroatoms. The number of rotatable bonds is 4. The van der Waals surface area contributed by atoms with Crippen LogP contribution in [0.1, 0.15) is 28.4 Å². The average Bonchev–Trinajstić information content (AvgIpc) is 2.45. The number of carbonyl (C=O) groups is 1. The molecule has 0 bridgehead atoms. The van der Waals surface area contributed by atoms with Crippen LogP contribution in [-0.4, -0.2) is 12.6 Å². The Bertz CT molecular complexity index is 668. The number of nitrogen functional groups attached to an aromatic ring is 1. The minimum absolute atomic E-state index is 0.340. The van der Waals surface area contributed by atoms with Crippen molar-refractivity contribution in [1.29, 1.82) is 0 Å². The molecule has 0 saturated carbocycles. The van der Waals surface area contributed by atoms with Crippen LogP contribution in [0.15, 0.2) is 46.2 Å². The van der Waals surface area contributed by atoms with E-state index in [1.165, 1.54) is 11.1 Å². The van der Waals surface area contributed by atoms with Gasteiger partial charge >= 0.3 is 5.97 Å². The smallest absolute Gasteiger partial charge is 0.340 e. The predicted octanol–water partition coefficient (Wildman–Crippen LogP) is 4.21. The maximum Gasteiger partial charge on any atom is 0.340 e. The summed E-state index contributed by atoms with van der Waals surface area (Å²) in [7, 11) is 0. The second-order valence-electron chi connectivity index (χ2n) is 4.79. The molecule has 0 aliphatic carbocycles. The van der Waals surface area contributed by atoms with Crippen LogP contribution in [0.2, 0.25) is 0 Å². The zero-order chi connectivity index (χ0) is 15.4. The molecule has 2 N–H and O–H groups in total. The molecule has 0 aromatic heterocycles. The highest BCUT2D eigenvalue weighted by molar-refractivity contribution is 7.99. The van der Waals surface area contributed by atoms with Crippen LogP contribution in [0.3, 0.4) is 0 Å². The Morgan fingerprint density at radius 2 is 1.95 bits per heavy atom. The standard InChI is InChI=1S/C17H19NO2S/c1-4-20-17(19)14-6-5-7-15(16(14)18)21-13-9-8-11(2)12(3)10-13/h5-10H,4,18H2,1-3H3. The Labute approximate surface area is 129 Å². The predicted molar refractivity (Wildman–Crippen MR) is 86.8 cm³/mol. The van der Waals surface area contributed by atoms with Crippen LogP contribution < -0.4 is 5.73 Å². The van der Waals surface area contributed by atoms with Gasteiger partial charge in [0.15, 0.2) is 0 Å². The van der Waals surface area contributed by atoms with Crippen LogP contribution in [0.5, 0.6) is 0 Å². The fourth-order valence-corrected chi connectivity index (χ4v) is 2.92. The molecule has 2 rings (SSSR count). The average molecular weight is 301 g/mol. The van der Waals surface area contributed by atoms with Crippen molar-refractivity contribution in [3.8, 4) is 0 Å². The second-order valence-corrected chi connectivity index (χ2v) is 5.90. The van der Waals surface area contributed by atoms with E-state index in [2.05, 4.69) is 32.0 Å². The number of nitrogens with two attached hydrogens (primary N) is 1. The summed E-state index contributed by atoms with van der Waals surface area (Å²) in [5.74, 6) is -0.377. The molecular weight excluding hydrogens is 282 g/mol. The summed E-state index contributed by atoms with van der Waals surface area (Å²) in [6.45, 7) is 6.28. The van der Waals surface area contributed by atoms with E-state index in [4.69, 9.17) is 10.5 Å². The molecule has 0 saturated heterocycles. The van der Waals surface area contributed by atoms with Gasteiger partial charge < -0.3 is 10.5 Å². The van der Waals surface area contributed by atoms with E-state index in [0.29, 0.717) is 17.9 Å². The van der Waals surface area contributed by atoms with E-state index in [0.717, 1.165) is 9.79 Å². The second kappa shape index (κ2) is 6.68. The quantitative estimate of drug-likeness (QED) is 0.679.